The van der Waals surface area contributed by atoms with Crippen LogP contribution in [0.4, 0.5) is 0 Å². The van der Waals surface area contributed by atoms with Gasteiger partial charge in [0.2, 0.25) is 31.2 Å². The van der Waals surface area contributed by atoms with Gasteiger partial charge < -0.3 is 23.1 Å². The molecule has 0 radical (unpaired) electrons. The molecule has 17 heteroatoms. The van der Waals surface area contributed by atoms with Crippen LogP contribution in [-0.4, -0.2) is 76.7 Å². The fourth-order valence-electron chi connectivity index (χ4n) is 2.13. The molecule has 0 aliphatic carbocycles. The van der Waals surface area contributed by atoms with Gasteiger partial charge in [-0.2, -0.15) is 0 Å². The molecule has 0 aromatic carbocycles. The Labute approximate surface area is 143 Å². The standard InChI is InChI=1S/C8H16O14S3/c1-3-4-5(20-23(9,10)11)6(21-24(12,13)14)7(8(18-2)19-4)22-25(15,16)17/h4-8H,3H2,1-2H3,(H,9,10,11)(H,12,13,14)(H,15,16,17)/p-3/t4?,5-,6-,7?,8+/m1/s1. The minimum atomic E-state index is -5.58. The van der Waals surface area contributed by atoms with Crippen LogP contribution >= 0.6 is 0 Å². The fraction of sp³-hybridized carbons (Fsp3) is 1.00. The second kappa shape index (κ2) is 8.05. The van der Waals surface area contributed by atoms with E-state index in [1.807, 2.05) is 0 Å². The van der Waals surface area contributed by atoms with Gasteiger partial charge in [0, 0.05) is 7.11 Å². The van der Waals surface area contributed by atoms with E-state index < -0.39 is 61.9 Å². The molecule has 5 atom stereocenters. The molecule has 0 bridgehead atoms. The fourth-order valence-corrected chi connectivity index (χ4v) is 3.60. The van der Waals surface area contributed by atoms with E-state index in [1.165, 1.54) is 6.92 Å². The summed E-state index contributed by atoms with van der Waals surface area (Å²) in [5.74, 6) is 0. The lowest BCUT2D eigenvalue weighted by molar-refractivity contribution is -0.275. The van der Waals surface area contributed by atoms with Gasteiger partial charge in [-0.3, -0.25) is 12.5 Å². The summed E-state index contributed by atoms with van der Waals surface area (Å²) in [6.45, 7) is 1.39. The molecule has 25 heavy (non-hydrogen) atoms. The molecule has 2 unspecified atom stereocenters. The van der Waals surface area contributed by atoms with E-state index in [9.17, 15) is 38.9 Å². The SMILES string of the molecule is CCC1O[C@H](OC)C(OS(=O)(=O)[O-])[C@H](OS(=O)(=O)[O-])[C@@H]1OS(=O)(=O)[O-]. The molecule has 0 N–H and O–H groups in total. The normalized spacial score (nSPS) is 31.8. The summed E-state index contributed by atoms with van der Waals surface area (Å²) in [5, 5.41) is 0. The highest BCUT2D eigenvalue weighted by atomic mass is 32.3. The second-order valence-electron chi connectivity index (χ2n) is 4.59. The maximum atomic E-state index is 10.9. The Morgan fingerprint density at radius 2 is 1.20 bits per heavy atom. The predicted octanol–water partition coefficient (Wildman–Crippen LogP) is -2.70. The van der Waals surface area contributed by atoms with Crippen molar-refractivity contribution in [3.05, 3.63) is 0 Å². The van der Waals surface area contributed by atoms with Gasteiger partial charge in [0.1, 0.15) is 12.2 Å². The molecular formula is C8H13O14S3-3. The predicted molar refractivity (Wildman–Crippen MR) is 69.7 cm³/mol. The van der Waals surface area contributed by atoms with Crippen molar-refractivity contribution in [3.8, 4) is 0 Å². The van der Waals surface area contributed by atoms with Crippen LogP contribution in [-0.2, 0) is 53.2 Å². The summed E-state index contributed by atoms with van der Waals surface area (Å²) in [7, 11) is -15.6. The van der Waals surface area contributed by atoms with Crippen molar-refractivity contribution in [3.63, 3.8) is 0 Å². The van der Waals surface area contributed by atoms with Crippen LogP contribution in [0.5, 0.6) is 0 Å². The van der Waals surface area contributed by atoms with Gasteiger partial charge in [-0.25, -0.2) is 25.3 Å². The molecular weight excluding hydrogens is 416 g/mol. The van der Waals surface area contributed by atoms with E-state index in [2.05, 4.69) is 12.5 Å². The quantitative estimate of drug-likeness (QED) is 0.283. The van der Waals surface area contributed by atoms with Crippen molar-refractivity contribution in [2.24, 2.45) is 0 Å². The molecule has 1 rings (SSSR count). The van der Waals surface area contributed by atoms with Crippen LogP contribution in [0.25, 0.3) is 0 Å². The highest BCUT2D eigenvalue weighted by molar-refractivity contribution is 7.81. The number of rotatable bonds is 8. The van der Waals surface area contributed by atoms with Crippen LogP contribution < -0.4 is 0 Å². The molecule has 1 aliphatic rings. The van der Waals surface area contributed by atoms with Gasteiger partial charge in [0.25, 0.3) is 0 Å². The Kier molecular flexibility index (Phi) is 7.26. The van der Waals surface area contributed by atoms with E-state index >= 15 is 0 Å². The molecule has 0 aromatic heterocycles. The Bertz CT molecular complexity index is 706. The van der Waals surface area contributed by atoms with Crippen molar-refractivity contribution < 1.29 is 60.9 Å². The second-order valence-corrected chi connectivity index (χ2v) is 7.62. The first kappa shape index (κ1) is 22.6. The van der Waals surface area contributed by atoms with Crippen LogP contribution in [0, 0.1) is 0 Å². The Morgan fingerprint density at radius 3 is 1.56 bits per heavy atom. The molecule has 1 saturated heterocycles. The van der Waals surface area contributed by atoms with Crippen LogP contribution in [0.2, 0.25) is 0 Å². The molecule has 1 fully saturated rings. The van der Waals surface area contributed by atoms with Crippen LogP contribution in [0.3, 0.4) is 0 Å². The third-order valence-electron chi connectivity index (χ3n) is 2.91. The third kappa shape index (κ3) is 7.35. The molecule has 0 amide bonds. The topological polar surface area (TPSA) is 218 Å². The molecule has 14 nitrogen and oxygen atoms in total. The zero-order valence-electron chi connectivity index (χ0n) is 12.5. The molecule has 1 aliphatic heterocycles. The molecule has 1 heterocycles. The van der Waals surface area contributed by atoms with E-state index in [0.29, 0.717) is 0 Å². The van der Waals surface area contributed by atoms with Gasteiger partial charge >= 0.3 is 0 Å². The number of hydrogen-bond donors (Lipinski definition) is 0. The Morgan fingerprint density at radius 1 is 0.800 bits per heavy atom. The lowest BCUT2D eigenvalue weighted by Crippen LogP contribution is -2.61. The number of hydrogen-bond acceptors (Lipinski definition) is 14. The van der Waals surface area contributed by atoms with Crippen molar-refractivity contribution in [2.75, 3.05) is 7.11 Å². The van der Waals surface area contributed by atoms with Gasteiger partial charge in [-0.05, 0) is 6.42 Å². The molecule has 150 valence electrons. The zero-order chi connectivity index (χ0) is 19.6. The summed E-state index contributed by atoms with van der Waals surface area (Å²) in [6, 6.07) is 0. The highest BCUT2D eigenvalue weighted by Gasteiger charge is 2.51. The molecule has 0 spiro atoms. The summed E-state index contributed by atoms with van der Waals surface area (Å²) in [4.78, 5) is 0. The number of ether oxygens (including phenoxy) is 2. The summed E-state index contributed by atoms with van der Waals surface area (Å²) < 4.78 is 120. The Hall–Kier alpha value is -0.470. The van der Waals surface area contributed by atoms with Crippen LogP contribution in [0.15, 0.2) is 0 Å². The first-order valence-corrected chi connectivity index (χ1v) is 10.3. The molecule has 0 aromatic rings. The average Bonchev–Trinajstić information content (AvgIpc) is 2.38. The summed E-state index contributed by atoms with van der Waals surface area (Å²) in [6.07, 6.45) is -10.0. The largest absolute Gasteiger partial charge is 0.726 e. The smallest absolute Gasteiger partial charge is 0.218 e. The van der Waals surface area contributed by atoms with Gasteiger partial charge in [0.05, 0.1) is 6.10 Å². The van der Waals surface area contributed by atoms with Crippen molar-refractivity contribution in [1.82, 2.24) is 0 Å². The van der Waals surface area contributed by atoms with E-state index in [0.717, 1.165) is 7.11 Å². The van der Waals surface area contributed by atoms with Crippen molar-refractivity contribution in [1.29, 1.82) is 0 Å². The van der Waals surface area contributed by atoms with Crippen molar-refractivity contribution in [2.45, 2.75) is 44.1 Å². The summed E-state index contributed by atoms with van der Waals surface area (Å²) in [5.41, 5.74) is 0. The van der Waals surface area contributed by atoms with Gasteiger partial charge in [-0.1, -0.05) is 6.92 Å². The highest BCUT2D eigenvalue weighted by Crippen LogP contribution is 2.32. The zero-order valence-corrected chi connectivity index (χ0v) is 15.0. The van der Waals surface area contributed by atoms with Gasteiger partial charge in [-0.15, -0.1) is 0 Å². The maximum absolute atomic E-state index is 10.9. The lowest BCUT2D eigenvalue weighted by atomic mass is 9.97. The van der Waals surface area contributed by atoms with E-state index in [-0.39, 0.29) is 6.42 Å². The molecule has 0 saturated carbocycles. The first-order chi connectivity index (χ1) is 11.2. The van der Waals surface area contributed by atoms with E-state index in [1.54, 1.807) is 0 Å². The third-order valence-corrected chi connectivity index (χ3v) is 4.29. The van der Waals surface area contributed by atoms with Crippen LogP contribution in [0.1, 0.15) is 13.3 Å². The van der Waals surface area contributed by atoms with E-state index in [4.69, 9.17) is 9.47 Å². The maximum Gasteiger partial charge on any atom is 0.218 e. The van der Waals surface area contributed by atoms with Crippen molar-refractivity contribution >= 4 is 31.2 Å². The summed E-state index contributed by atoms with van der Waals surface area (Å²) >= 11 is 0. The first-order valence-electron chi connectivity index (χ1n) is 6.27. The minimum Gasteiger partial charge on any atom is -0.726 e. The average molecular weight is 429 g/mol. The minimum absolute atomic E-state index is 0.115. The Balaban J connectivity index is 3.41. The number of methoxy groups -OCH3 is 1. The van der Waals surface area contributed by atoms with Gasteiger partial charge in [0.15, 0.2) is 12.4 Å². The monoisotopic (exact) mass is 429 g/mol. The lowest BCUT2D eigenvalue weighted by Gasteiger charge is -2.44.